The average Bonchev–Trinajstić information content (AvgIpc) is 3.27. The van der Waals surface area contributed by atoms with Crippen LogP contribution in [0, 0.1) is 6.92 Å². The monoisotopic (exact) mass is 415 g/mol. The van der Waals surface area contributed by atoms with E-state index in [1.54, 1.807) is 13.1 Å². The van der Waals surface area contributed by atoms with Crippen molar-refractivity contribution in [2.45, 2.75) is 19.0 Å². The SMILES string of the molecule is CCOC(=O)c1c(-c2ccc(C)cc2)csc1NC(=O)CSc1nccn1C. The van der Waals surface area contributed by atoms with Crippen LogP contribution in [0.2, 0.25) is 0 Å². The van der Waals surface area contributed by atoms with Gasteiger partial charge >= 0.3 is 5.97 Å². The number of anilines is 1. The molecule has 0 fully saturated rings. The van der Waals surface area contributed by atoms with E-state index in [0.717, 1.165) is 21.8 Å². The van der Waals surface area contributed by atoms with Crippen molar-refractivity contribution in [2.24, 2.45) is 7.05 Å². The van der Waals surface area contributed by atoms with Crippen molar-refractivity contribution in [3.05, 3.63) is 53.2 Å². The number of thiophene rings is 1. The Balaban J connectivity index is 1.81. The van der Waals surface area contributed by atoms with E-state index in [2.05, 4.69) is 10.3 Å². The number of aryl methyl sites for hydroxylation is 2. The molecule has 1 N–H and O–H groups in total. The molecule has 8 heteroatoms. The Morgan fingerprint density at radius 3 is 2.68 bits per heavy atom. The Bertz CT molecular complexity index is 977. The zero-order valence-electron chi connectivity index (χ0n) is 15.9. The van der Waals surface area contributed by atoms with Crippen molar-refractivity contribution in [1.29, 1.82) is 0 Å². The minimum absolute atomic E-state index is 0.198. The lowest BCUT2D eigenvalue weighted by Gasteiger charge is -2.09. The number of hydrogen-bond donors (Lipinski definition) is 1. The maximum atomic E-state index is 12.6. The molecule has 0 spiro atoms. The van der Waals surface area contributed by atoms with Gasteiger partial charge in [0.25, 0.3) is 0 Å². The minimum Gasteiger partial charge on any atom is -0.462 e. The van der Waals surface area contributed by atoms with Crippen LogP contribution in [0.1, 0.15) is 22.8 Å². The van der Waals surface area contributed by atoms with Gasteiger partial charge in [-0.2, -0.15) is 0 Å². The van der Waals surface area contributed by atoms with Crippen LogP contribution in [-0.2, 0) is 16.6 Å². The topological polar surface area (TPSA) is 73.2 Å². The van der Waals surface area contributed by atoms with Crippen LogP contribution in [0.4, 0.5) is 5.00 Å². The zero-order chi connectivity index (χ0) is 20.1. The fourth-order valence-electron chi connectivity index (χ4n) is 2.59. The van der Waals surface area contributed by atoms with Crippen LogP contribution in [-0.4, -0.2) is 33.8 Å². The summed E-state index contributed by atoms with van der Waals surface area (Å²) in [4.78, 5) is 29.2. The van der Waals surface area contributed by atoms with E-state index in [4.69, 9.17) is 4.74 Å². The van der Waals surface area contributed by atoms with Crippen LogP contribution >= 0.6 is 23.1 Å². The molecule has 3 aromatic rings. The molecule has 3 rings (SSSR count). The second-order valence-electron chi connectivity index (χ2n) is 6.10. The lowest BCUT2D eigenvalue weighted by Crippen LogP contribution is -2.16. The van der Waals surface area contributed by atoms with Crippen LogP contribution in [0.3, 0.4) is 0 Å². The Morgan fingerprint density at radius 2 is 2.04 bits per heavy atom. The molecule has 146 valence electrons. The van der Waals surface area contributed by atoms with Crippen LogP contribution in [0.5, 0.6) is 0 Å². The number of thioether (sulfide) groups is 1. The number of imidazole rings is 1. The number of esters is 1. The van der Waals surface area contributed by atoms with Gasteiger partial charge in [-0.25, -0.2) is 9.78 Å². The summed E-state index contributed by atoms with van der Waals surface area (Å²) >= 11 is 2.66. The highest BCUT2D eigenvalue weighted by atomic mass is 32.2. The summed E-state index contributed by atoms with van der Waals surface area (Å²) in [6.07, 6.45) is 3.51. The van der Waals surface area contributed by atoms with Crippen LogP contribution in [0.15, 0.2) is 47.2 Å². The number of hydrogen-bond acceptors (Lipinski definition) is 6. The van der Waals surface area contributed by atoms with Gasteiger partial charge in [0.1, 0.15) is 10.6 Å². The number of ether oxygens (including phenoxy) is 1. The molecular weight excluding hydrogens is 394 g/mol. The Kier molecular flexibility index (Phi) is 6.53. The van der Waals surface area contributed by atoms with Crippen LogP contribution < -0.4 is 5.32 Å². The van der Waals surface area contributed by atoms with Gasteiger partial charge in [-0.15, -0.1) is 11.3 Å². The lowest BCUT2D eigenvalue weighted by molar-refractivity contribution is -0.113. The van der Waals surface area contributed by atoms with Gasteiger partial charge in [0.05, 0.1) is 12.4 Å². The molecule has 6 nitrogen and oxygen atoms in total. The molecule has 0 unspecified atom stereocenters. The van der Waals surface area contributed by atoms with E-state index in [-0.39, 0.29) is 18.3 Å². The summed E-state index contributed by atoms with van der Waals surface area (Å²) in [5, 5.41) is 5.98. The lowest BCUT2D eigenvalue weighted by atomic mass is 10.0. The first-order chi connectivity index (χ1) is 13.5. The summed E-state index contributed by atoms with van der Waals surface area (Å²) in [7, 11) is 1.87. The van der Waals surface area contributed by atoms with Gasteiger partial charge in [0.2, 0.25) is 5.91 Å². The fourth-order valence-corrected chi connectivity index (χ4v) is 4.29. The highest BCUT2D eigenvalue weighted by Gasteiger charge is 2.23. The summed E-state index contributed by atoms with van der Waals surface area (Å²) in [5.41, 5.74) is 3.20. The molecule has 0 aliphatic carbocycles. The third kappa shape index (κ3) is 4.63. The number of carbonyl (C=O) groups is 2. The van der Waals surface area contributed by atoms with E-state index in [1.165, 1.54) is 23.1 Å². The smallest absolute Gasteiger partial charge is 0.341 e. The largest absolute Gasteiger partial charge is 0.462 e. The highest BCUT2D eigenvalue weighted by molar-refractivity contribution is 7.99. The maximum Gasteiger partial charge on any atom is 0.341 e. The Labute approximate surface area is 171 Å². The first-order valence-electron chi connectivity index (χ1n) is 8.75. The van der Waals surface area contributed by atoms with Gasteiger partial charge < -0.3 is 14.6 Å². The molecule has 1 amide bonds. The van der Waals surface area contributed by atoms with E-state index in [1.807, 2.05) is 54.4 Å². The quantitative estimate of drug-likeness (QED) is 0.458. The first-order valence-corrected chi connectivity index (χ1v) is 10.6. The molecule has 0 aliphatic heterocycles. The molecule has 1 aromatic carbocycles. The predicted molar refractivity (Wildman–Crippen MR) is 113 cm³/mol. The predicted octanol–water partition coefficient (Wildman–Crippen LogP) is 4.36. The molecule has 0 saturated heterocycles. The number of benzene rings is 1. The molecule has 2 heterocycles. The van der Waals surface area contributed by atoms with Crippen molar-refractivity contribution in [2.75, 3.05) is 17.7 Å². The van der Waals surface area contributed by atoms with E-state index in [9.17, 15) is 9.59 Å². The van der Waals surface area contributed by atoms with E-state index >= 15 is 0 Å². The van der Waals surface area contributed by atoms with Crippen LogP contribution in [0.25, 0.3) is 11.1 Å². The van der Waals surface area contributed by atoms with Crippen molar-refractivity contribution in [1.82, 2.24) is 9.55 Å². The third-order valence-corrected chi connectivity index (χ3v) is 5.95. The van der Waals surface area contributed by atoms with Gasteiger partial charge in [0.15, 0.2) is 5.16 Å². The second-order valence-corrected chi connectivity index (χ2v) is 7.92. The third-order valence-electron chi connectivity index (χ3n) is 4.00. The normalized spacial score (nSPS) is 10.7. The Hall–Kier alpha value is -2.58. The molecule has 28 heavy (non-hydrogen) atoms. The molecule has 0 saturated carbocycles. The molecule has 2 aromatic heterocycles. The summed E-state index contributed by atoms with van der Waals surface area (Å²) in [6, 6.07) is 7.90. The summed E-state index contributed by atoms with van der Waals surface area (Å²) in [6.45, 7) is 4.04. The van der Waals surface area contributed by atoms with Gasteiger partial charge in [-0.1, -0.05) is 41.6 Å². The van der Waals surface area contributed by atoms with E-state index < -0.39 is 5.97 Å². The average molecular weight is 416 g/mol. The molecular formula is C20H21N3O3S2. The minimum atomic E-state index is -0.439. The fraction of sp³-hybridized carbons (Fsp3) is 0.250. The highest BCUT2D eigenvalue weighted by Crippen LogP contribution is 2.36. The van der Waals surface area contributed by atoms with Crippen molar-refractivity contribution >= 4 is 40.0 Å². The first kappa shape index (κ1) is 20.2. The van der Waals surface area contributed by atoms with Crippen molar-refractivity contribution in [3.8, 4) is 11.1 Å². The van der Waals surface area contributed by atoms with Crippen molar-refractivity contribution < 1.29 is 14.3 Å². The second kappa shape index (κ2) is 9.07. The maximum absolute atomic E-state index is 12.6. The summed E-state index contributed by atoms with van der Waals surface area (Å²) in [5.74, 6) is -0.438. The molecule has 0 bridgehead atoms. The van der Waals surface area contributed by atoms with Gasteiger partial charge in [-0.3, -0.25) is 4.79 Å². The van der Waals surface area contributed by atoms with Crippen molar-refractivity contribution in [3.63, 3.8) is 0 Å². The standard InChI is InChI=1S/C20H21N3O3S2/c1-4-26-19(25)17-15(14-7-5-13(2)6-8-14)11-27-18(17)22-16(24)12-28-20-21-9-10-23(20)3/h5-11H,4,12H2,1-3H3,(H,22,24). The van der Waals surface area contributed by atoms with Gasteiger partial charge in [-0.05, 0) is 19.4 Å². The number of nitrogens with zero attached hydrogens (tertiary/aromatic N) is 2. The number of nitrogens with one attached hydrogen (secondary N) is 1. The molecule has 0 atom stereocenters. The number of amides is 1. The summed E-state index contributed by atoms with van der Waals surface area (Å²) < 4.78 is 7.08. The number of aromatic nitrogens is 2. The molecule has 0 radical (unpaired) electrons. The van der Waals surface area contributed by atoms with E-state index in [0.29, 0.717) is 10.6 Å². The molecule has 0 aliphatic rings. The Morgan fingerprint density at radius 1 is 1.29 bits per heavy atom. The number of carbonyl (C=O) groups excluding carboxylic acids is 2. The van der Waals surface area contributed by atoms with Gasteiger partial charge in [0, 0.05) is 30.4 Å². The number of rotatable bonds is 7. The zero-order valence-corrected chi connectivity index (χ0v) is 17.5.